The summed E-state index contributed by atoms with van der Waals surface area (Å²) in [5.74, 6) is 1.76. The van der Waals surface area contributed by atoms with Gasteiger partial charge in [0.1, 0.15) is 25.0 Å². The molecule has 0 saturated carbocycles. The minimum Gasteiger partial charge on any atom is -0.478 e. The second kappa shape index (κ2) is 10.5. The van der Waals surface area contributed by atoms with Crippen molar-refractivity contribution < 1.29 is 14.3 Å². The number of nitrogens with zero attached hydrogens (tertiary/aromatic N) is 2. The van der Waals surface area contributed by atoms with E-state index in [0.29, 0.717) is 35.1 Å². The van der Waals surface area contributed by atoms with Crippen LogP contribution in [-0.4, -0.2) is 52.6 Å². The maximum Gasteiger partial charge on any atom is 0.193 e. The number of hydrogen-bond donors (Lipinski definition) is 2. The Hall–Kier alpha value is -1.67. The summed E-state index contributed by atoms with van der Waals surface area (Å²) < 4.78 is 11.8. The highest BCUT2D eigenvalue weighted by molar-refractivity contribution is 7.81. The monoisotopic (exact) mass is 472 g/mol. The molecule has 32 heavy (non-hydrogen) atoms. The van der Waals surface area contributed by atoms with Crippen molar-refractivity contribution in [2.24, 2.45) is 0 Å². The third-order valence-corrected chi connectivity index (χ3v) is 6.48. The number of benzene rings is 2. The molecule has 2 aliphatic rings. The second-order valence-electron chi connectivity index (χ2n) is 8.90. The van der Waals surface area contributed by atoms with Crippen LogP contribution in [0.1, 0.15) is 53.7 Å². The summed E-state index contributed by atoms with van der Waals surface area (Å²) in [6.45, 7) is 8.78. The Morgan fingerprint density at radius 3 is 1.69 bits per heavy atom. The first-order chi connectivity index (χ1) is 15.4. The molecular weight excluding hydrogens is 440 g/mol. The number of hydrogen-bond acceptors (Lipinski definition) is 7. The van der Waals surface area contributed by atoms with Crippen LogP contribution in [0.4, 0.5) is 0 Å². The van der Waals surface area contributed by atoms with Crippen LogP contribution in [0.2, 0.25) is 0 Å². The van der Waals surface area contributed by atoms with E-state index in [-0.39, 0.29) is 5.78 Å². The van der Waals surface area contributed by atoms with Gasteiger partial charge in [0.25, 0.3) is 0 Å². The maximum absolute atomic E-state index is 13.3. The van der Waals surface area contributed by atoms with Gasteiger partial charge < -0.3 is 9.47 Å². The van der Waals surface area contributed by atoms with E-state index in [4.69, 9.17) is 9.47 Å². The fourth-order valence-corrected chi connectivity index (χ4v) is 4.29. The fourth-order valence-electron chi connectivity index (χ4n) is 4.06. The molecule has 2 unspecified atom stereocenters. The van der Waals surface area contributed by atoms with Gasteiger partial charge in [-0.3, -0.25) is 14.6 Å². The summed E-state index contributed by atoms with van der Waals surface area (Å²) >= 11 is 8.94. The van der Waals surface area contributed by atoms with E-state index in [1.165, 1.54) is 0 Å². The summed E-state index contributed by atoms with van der Waals surface area (Å²) in [6, 6.07) is 11.5. The van der Waals surface area contributed by atoms with Gasteiger partial charge in [-0.15, -0.1) is 0 Å². The third kappa shape index (κ3) is 5.81. The van der Waals surface area contributed by atoms with Gasteiger partial charge in [-0.1, -0.05) is 13.8 Å². The number of carbonyl (C=O) groups excluding carboxylic acids is 1. The predicted octanol–water partition coefficient (Wildman–Crippen LogP) is 4.64. The molecule has 5 nitrogen and oxygen atoms in total. The van der Waals surface area contributed by atoms with E-state index in [1.54, 1.807) is 0 Å². The topological polar surface area (TPSA) is 42.0 Å². The molecule has 0 spiro atoms. The van der Waals surface area contributed by atoms with Crippen LogP contribution in [0.25, 0.3) is 0 Å². The van der Waals surface area contributed by atoms with E-state index in [1.807, 2.05) is 36.4 Å². The van der Waals surface area contributed by atoms with Crippen LogP contribution < -0.4 is 9.47 Å². The molecule has 0 radical (unpaired) electrons. The van der Waals surface area contributed by atoms with Crippen LogP contribution in [0.5, 0.6) is 11.5 Å². The van der Waals surface area contributed by atoms with Gasteiger partial charge in [-0.25, -0.2) is 0 Å². The highest BCUT2D eigenvalue weighted by atomic mass is 32.1. The molecular formula is C25H32N2O3S2. The second-order valence-corrected chi connectivity index (χ2v) is 10.7. The van der Waals surface area contributed by atoms with E-state index in [0.717, 1.165) is 61.6 Å². The summed E-state index contributed by atoms with van der Waals surface area (Å²) in [4.78, 5) is 17.8. The number of thiol groups is 2. The molecule has 0 aromatic heterocycles. The lowest BCUT2D eigenvalue weighted by atomic mass is 9.98. The van der Waals surface area contributed by atoms with E-state index < -0.39 is 0 Å². The Morgan fingerprint density at radius 2 is 1.28 bits per heavy atom. The number of rotatable bonds is 8. The molecule has 2 heterocycles. The molecule has 0 saturated heterocycles. The Balaban J connectivity index is 1.47. The highest BCUT2D eigenvalue weighted by Gasteiger charge is 2.22. The zero-order valence-corrected chi connectivity index (χ0v) is 20.6. The molecule has 0 aliphatic carbocycles. The lowest BCUT2D eigenvalue weighted by Crippen LogP contribution is -2.33. The summed E-state index contributed by atoms with van der Waals surface area (Å²) in [6.07, 6.45) is 2.00. The average molecular weight is 473 g/mol. The van der Waals surface area contributed by atoms with Gasteiger partial charge in [0.05, 0.1) is 0 Å². The minimum atomic E-state index is 0.0257. The molecule has 2 aromatic rings. The Labute approximate surface area is 201 Å². The maximum atomic E-state index is 13.3. The van der Waals surface area contributed by atoms with E-state index in [9.17, 15) is 4.79 Å². The standard InChI is InChI=1S/C25H32N2O3S2/c1-17(31)7-9-26-13-21-11-19(3-5-23(21)29-15-26)25(28)20-4-6-24-22(12-20)14-27(16-30-24)10-8-18(2)32/h3-6,11-12,17-18,31-32H,7-10,13-16H2,1-2H3. The lowest BCUT2D eigenvalue weighted by molar-refractivity contribution is 0.0937. The molecule has 2 aliphatic heterocycles. The van der Waals surface area contributed by atoms with E-state index >= 15 is 0 Å². The van der Waals surface area contributed by atoms with Crippen molar-refractivity contribution in [1.82, 2.24) is 9.80 Å². The van der Waals surface area contributed by atoms with Crippen LogP contribution in [0, 0.1) is 0 Å². The number of ether oxygens (including phenoxy) is 2. The van der Waals surface area contributed by atoms with Crippen LogP contribution in [0.15, 0.2) is 36.4 Å². The zero-order chi connectivity index (χ0) is 22.7. The van der Waals surface area contributed by atoms with Gasteiger partial charge >= 0.3 is 0 Å². The van der Waals surface area contributed by atoms with E-state index in [2.05, 4.69) is 48.9 Å². The van der Waals surface area contributed by atoms with Crippen molar-refractivity contribution >= 4 is 31.0 Å². The summed E-state index contributed by atoms with van der Waals surface area (Å²) in [7, 11) is 0. The number of ketones is 1. The van der Waals surface area contributed by atoms with Crippen molar-refractivity contribution in [3.8, 4) is 11.5 Å². The van der Waals surface area contributed by atoms with Gasteiger partial charge in [0, 0.05) is 58.9 Å². The molecule has 4 rings (SSSR count). The van der Waals surface area contributed by atoms with Crippen LogP contribution in [0.3, 0.4) is 0 Å². The fraction of sp³-hybridized carbons (Fsp3) is 0.480. The SMILES string of the molecule is CC(S)CCN1COc2ccc(C(=O)c3ccc4c(c3)CN(CCC(C)S)CO4)cc2C1. The van der Waals surface area contributed by atoms with Gasteiger partial charge in [-0.2, -0.15) is 25.3 Å². The molecule has 7 heteroatoms. The third-order valence-electron chi connectivity index (χ3n) is 5.96. The van der Waals surface area contributed by atoms with Crippen molar-refractivity contribution in [1.29, 1.82) is 0 Å². The smallest absolute Gasteiger partial charge is 0.193 e. The molecule has 0 bridgehead atoms. The predicted molar refractivity (Wildman–Crippen MR) is 134 cm³/mol. The zero-order valence-electron chi connectivity index (χ0n) is 18.8. The van der Waals surface area contributed by atoms with Gasteiger partial charge in [0.15, 0.2) is 5.78 Å². The Kier molecular flexibility index (Phi) is 7.71. The quantitative estimate of drug-likeness (QED) is 0.433. The highest BCUT2D eigenvalue weighted by Crippen LogP contribution is 2.30. The van der Waals surface area contributed by atoms with Gasteiger partial charge in [0.2, 0.25) is 0 Å². The van der Waals surface area contributed by atoms with Crippen LogP contribution >= 0.6 is 25.3 Å². The normalized spacial score (nSPS) is 18.1. The Morgan fingerprint density at radius 1 is 0.844 bits per heavy atom. The van der Waals surface area contributed by atoms with Crippen molar-refractivity contribution in [2.45, 2.75) is 50.3 Å². The van der Waals surface area contributed by atoms with Crippen molar-refractivity contribution in [3.63, 3.8) is 0 Å². The first-order valence-corrected chi connectivity index (χ1v) is 12.3. The molecule has 0 amide bonds. The molecule has 2 aromatic carbocycles. The molecule has 2 atom stereocenters. The molecule has 0 N–H and O–H groups in total. The number of carbonyl (C=O) groups is 1. The largest absolute Gasteiger partial charge is 0.478 e. The summed E-state index contributed by atoms with van der Waals surface area (Å²) in [5.41, 5.74) is 3.49. The van der Waals surface area contributed by atoms with Crippen molar-refractivity contribution in [3.05, 3.63) is 58.7 Å². The summed E-state index contributed by atoms with van der Waals surface area (Å²) in [5, 5.41) is 0.712. The molecule has 0 fully saturated rings. The van der Waals surface area contributed by atoms with Gasteiger partial charge in [-0.05, 0) is 49.2 Å². The van der Waals surface area contributed by atoms with Crippen LogP contribution in [-0.2, 0) is 13.1 Å². The van der Waals surface area contributed by atoms with Crippen molar-refractivity contribution in [2.75, 3.05) is 26.6 Å². The number of fused-ring (bicyclic) bond motifs is 2. The average Bonchev–Trinajstić information content (AvgIpc) is 2.79. The first kappa shape index (κ1) is 23.5. The minimum absolute atomic E-state index is 0.0257. The lowest BCUT2D eigenvalue weighted by Gasteiger charge is -2.30. The molecule has 172 valence electrons. The Bertz CT molecular complexity index is 889. The first-order valence-electron chi connectivity index (χ1n) is 11.3.